The zero-order valence-electron chi connectivity index (χ0n) is 14.0. The standard InChI is InChI=1S/C18H27N3O2/c1-13-12-15(14-4-2-5-14)20-17(19-13)21-9-7-18(8-10-21)16(22)6-3-11-23-18/h12,14,16,22H,2-11H2,1H3/t16-/m0/s1. The molecule has 126 valence electrons. The van der Waals surface area contributed by atoms with Crippen molar-refractivity contribution in [3.63, 3.8) is 0 Å². The molecule has 1 N–H and O–H groups in total. The predicted molar refractivity (Wildman–Crippen MR) is 88.7 cm³/mol. The van der Waals surface area contributed by atoms with Crippen LogP contribution >= 0.6 is 0 Å². The first-order valence-electron chi connectivity index (χ1n) is 9.09. The maximum atomic E-state index is 10.4. The molecule has 2 aliphatic heterocycles. The number of aliphatic hydroxyl groups excluding tert-OH is 1. The number of aromatic nitrogens is 2. The van der Waals surface area contributed by atoms with Crippen molar-refractivity contribution in [3.8, 4) is 0 Å². The van der Waals surface area contributed by atoms with E-state index in [2.05, 4.69) is 22.9 Å². The Morgan fingerprint density at radius 1 is 1.17 bits per heavy atom. The van der Waals surface area contributed by atoms with Crippen LogP contribution in [0, 0.1) is 6.92 Å². The number of hydrogen-bond acceptors (Lipinski definition) is 5. The third kappa shape index (κ3) is 2.85. The van der Waals surface area contributed by atoms with Crippen LogP contribution in [0.3, 0.4) is 0 Å². The molecule has 3 fully saturated rings. The van der Waals surface area contributed by atoms with Gasteiger partial charge in [0.05, 0.1) is 11.7 Å². The Balaban J connectivity index is 1.48. The van der Waals surface area contributed by atoms with Gasteiger partial charge >= 0.3 is 0 Å². The van der Waals surface area contributed by atoms with Gasteiger partial charge in [0, 0.05) is 37.0 Å². The Bertz CT molecular complexity index is 565. The third-order valence-electron chi connectivity index (χ3n) is 5.90. The molecule has 0 amide bonds. The first-order valence-corrected chi connectivity index (χ1v) is 9.09. The number of piperidine rings is 1. The zero-order valence-corrected chi connectivity index (χ0v) is 14.0. The molecule has 1 aliphatic carbocycles. The van der Waals surface area contributed by atoms with Gasteiger partial charge in [0.25, 0.3) is 0 Å². The van der Waals surface area contributed by atoms with E-state index in [0.717, 1.165) is 57.0 Å². The first kappa shape index (κ1) is 15.3. The number of hydrogen-bond donors (Lipinski definition) is 1. The maximum Gasteiger partial charge on any atom is 0.225 e. The fourth-order valence-electron chi connectivity index (χ4n) is 4.11. The van der Waals surface area contributed by atoms with Crippen LogP contribution in [0.4, 0.5) is 5.95 Å². The summed E-state index contributed by atoms with van der Waals surface area (Å²) in [4.78, 5) is 11.8. The van der Waals surface area contributed by atoms with Crippen molar-refractivity contribution in [2.75, 3.05) is 24.6 Å². The van der Waals surface area contributed by atoms with Gasteiger partial charge in [0.2, 0.25) is 5.95 Å². The number of aryl methyl sites for hydroxylation is 1. The summed E-state index contributed by atoms with van der Waals surface area (Å²) >= 11 is 0. The summed E-state index contributed by atoms with van der Waals surface area (Å²) < 4.78 is 6.00. The van der Waals surface area contributed by atoms with Crippen molar-refractivity contribution in [2.24, 2.45) is 0 Å². The quantitative estimate of drug-likeness (QED) is 0.908. The Kier molecular flexibility index (Phi) is 4.01. The fourth-order valence-corrected chi connectivity index (χ4v) is 4.11. The molecule has 0 unspecified atom stereocenters. The van der Waals surface area contributed by atoms with Gasteiger partial charge in [-0.15, -0.1) is 0 Å². The number of nitrogens with zero attached hydrogens (tertiary/aromatic N) is 3. The van der Waals surface area contributed by atoms with Gasteiger partial charge in [-0.25, -0.2) is 9.97 Å². The summed E-state index contributed by atoms with van der Waals surface area (Å²) in [5.41, 5.74) is 1.95. The molecule has 1 atom stereocenters. The Morgan fingerprint density at radius 2 is 1.96 bits per heavy atom. The van der Waals surface area contributed by atoms with Gasteiger partial charge in [-0.2, -0.15) is 0 Å². The van der Waals surface area contributed by atoms with E-state index in [1.165, 1.54) is 25.0 Å². The van der Waals surface area contributed by atoms with E-state index in [-0.39, 0.29) is 11.7 Å². The highest BCUT2D eigenvalue weighted by atomic mass is 16.5. The van der Waals surface area contributed by atoms with E-state index in [4.69, 9.17) is 9.72 Å². The second-order valence-corrected chi connectivity index (χ2v) is 7.42. The Morgan fingerprint density at radius 3 is 2.61 bits per heavy atom. The number of rotatable bonds is 2. The normalized spacial score (nSPS) is 27.9. The minimum absolute atomic E-state index is 0.317. The monoisotopic (exact) mass is 317 g/mol. The van der Waals surface area contributed by atoms with Crippen molar-refractivity contribution in [1.29, 1.82) is 0 Å². The number of anilines is 1. The van der Waals surface area contributed by atoms with Gasteiger partial charge < -0.3 is 14.7 Å². The largest absolute Gasteiger partial charge is 0.390 e. The maximum absolute atomic E-state index is 10.4. The summed E-state index contributed by atoms with van der Waals surface area (Å²) in [7, 11) is 0. The second-order valence-electron chi connectivity index (χ2n) is 7.42. The molecule has 0 bridgehead atoms. The topological polar surface area (TPSA) is 58.5 Å². The lowest BCUT2D eigenvalue weighted by atomic mass is 9.82. The van der Waals surface area contributed by atoms with E-state index in [1.54, 1.807) is 0 Å². The van der Waals surface area contributed by atoms with Crippen molar-refractivity contribution < 1.29 is 9.84 Å². The summed E-state index contributed by atoms with van der Waals surface area (Å²) in [5.74, 6) is 1.50. The molecule has 1 spiro atoms. The third-order valence-corrected chi connectivity index (χ3v) is 5.90. The van der Waals surface area contributed by atoms with Crippen molar-refractivity contribution in [1.82, 2.24) is 9.97 Å². The van der Waals surface area contributed by atoms with Crippen molar-refractivity contribution >= 4 is 5.95 Å². The highest BCUT2D eigenvalue weighted by Gasteiger charge is 2.44. The smallest absolute Gasteiger partial charge is 0.225 e. The first-order chi connectivity index (χ1) is 11.2. The summed E-state index contributed by atoms with van der Waals surface area (Å²) in [5, 5.41) is 10.4. The van der Waals surface area contributed by atoms with E-state index in [9.17, 15) is 5.11 Å². The van der Waals surface area contributed by atoms with Gasteiger partial charge in [0.15, 0.2) is 0 Å². The lowest BCUT2D eigenvalue weighted by Crippen LogP contribution is -2.55. The molecule has 1 aromatic heterocycles. The van der Waals surface area contributed by atoms with Crippen LogP contribution in [0.1, 0.15) is 62.3 Å². The lowest BCUT2D eigenvalue weighted by Gasteiger charge is -2.46. The minimum atomic E-state index is -0.324. The highest BCUT2D eigenvalue weighted by molar-refractivity contribution is 5.35. The van der Waals surface area contributed by atoms with E-state index < -0.39 is 0 Å². The summed E-state index contributed by atoms with van der Waals surface area (Å²) in [6.45, 7) is 4.58. The molecule has 4 rings (SSSR count). The van der Waals surface area contributed by atoms with Crippen LogP contribution in [0.5, 0.6) is 0 Å². The Labute approximate surface area is 138 Å². The van der Waals surface area contributed by atoms with Crippen LogP contribution in [0.2, 0.25) is 0 Å². The number of ether oxygens (including phenoxy) is 1. The summed E-state index contributed by atoms with van der Waals surface area (Å²) in [6.07, 6.45) is 7.10. The van der Waals surface area contributed by atoms with Gasteiger partial charge in [0.1, 0.15) is 0 Å². The Hall–Kier alpha value is -1.20. The summed E-state index contributed by atoms with van der Waals surface area (Å²) in [6, 6.07) is 2.15. The fraction of sp³-hybridized carbons (Fsp3) is 0.778. The molecule has 3 heterocycles. The van der Waals surface area contributed by atoms with E-state index >= 15 is 0 Å². The second kappa shape index (κ2) is 6.02. The molecule has 1 saturated carbocycles. The highest BCUT2D eigenvalue weighted by Crippen LogP contribution is 2.38. The van der Waals surface area contributed by atoms with Crippen LogP contribution in [-0.2, 0) is 4.74 Å². The van der Waals surface area contributed by atoms with Crippen LogP contribution in [0.15, 0.2) is 6.07 Å². The van der Waals surface area contributed by atoms with Crippen LogP contribution in [-0.4, -0.2) is 46.5 Å². The van der Waals surface area contributed by atoms with Gasteiger partial charge in [-0.05, 0) is 51.5 Å². The molecular formula is C18H27N3O2. The molecule has 2 saturated heterocycles. The average molecular weight is 317 g/mol. The molecule has 3 aliphatic rings. The average Bonchev–Trinajstić information content (AvgIpc) is 2.49. The SMILES string of the molecule is Cc1cc(C2CCC2)nc(N2CCC3(CC2)OCCC[C@@H]3O)n1. The van der Waals surface area contributed by atoms with Crippen LogP contribution in [0.25, 0.3) is 0 Å². The molecule has 0 aromatic carbocycles. The van der Waals surface area contributed by atoms with E-state index in [1.807, 2.05) is 0 Å². The van der Waals surface area contributed by atoms with Crippen molar-refractivity contribution in [3.05, 3.63) is 17.5 Å². The molecular weight excluding hydrogens is 290 g/mol. The van der Waals surface area contributed by atoms with E-state index in [0.29, 0.717) is 5.92 Å². The molecule has 1 aromatic rings. The van der Waals surface area contributed by atoms with Gasteiger partial charge in [-0.3, -0.25) is 0 Å². The predicted octanol–water partition coefficient (Wildman–Crippen LogP) is 2.56. The number of aliphatic hydroxyl groups is 1. The molecule has 23 heavy (non-hydrogen) atoms. The zero-order chi connectivity index (χ0) is 15.9. The lowest BCUT2D eigenvalue weighted by molar-refractivity contribution is -0.164. The molecule has 5 heteroatoms. The molecule has 5 nitrogen and oxygen atoms in total. The minimum Gasteiger partial charge on any atom is -0.390 e. The van der Waals surface area contributed by atoms with Gasteiger partial charge in [-0.1, -0.05) is 6.42 Å². The van der Waals surface area contributed by atoms with Crippen molar-refractivity contribution in [2.45, 2.75) is 69.5 Å². The van der Waals surface area contributed by atoms with Crippen LogP contribution < -0.4 is 4.90 Å². The molecule has 0 radical (unpaired) electrons.